The van der Waals surface area contributed by atoms with Gasteiger partial charge in [-0.15, -0.1) is 0 Å². The van der Waals surface area contributed by atoms with Crippen LogP contribution < -0.4 is 5.32 Å². The Morgan fingerprint density at radius 1 is 1.06 bits per heavy atom. The summed E-state index contributed by atoms with van der Waals surface area (Å²) >= 11 is 0. The number of aryl methyl sites for hydroxylation is 3. The minimum atomic E-state index is -3.55. The number of sulfonamides is 1. The Balaban J connectivity index is 1.73. The van der Waals surface area contributed by atoms with Crippen molar-refractivity contribution in [2.75, 3.05) is 13.1 Å². The Morgan fingerprint density at radius 2 is 1.75 bits per heavy atom. The second-order valence-corrected chi connectivity index (χ2v) is 9.71. The van der Waals surface area contributed by atoms with E-state index in [4.69, 9.17) is 0 Å². The van der Waals surface area contributed by atoms with Crippen molar-refractivity contribution in [2.45, 2.75) is 58.5 Å². The van der Waals surface area contributed by atoms with E-state index >= 15 is 0 Å². The van der Waals surface area contributed by atoms with Gasteiger partial charge < -0.3 is 9.88 Å². The molecule has 0 unspecified atom stereocenters. The van der Waals surface area contributed by atoms with Crippen molar-refractivity contribution in [1.29, 1.82) is 0 Å². The molecular formula is C24H32N4O3S. The van der Waals surface area contributed by atoms with Crippen molar-refractivity contribution in [3.63, 3.8) is 0 Å². The van der Waals surface area contributed by atoms with Gasteiger partial charge in [0.1, 0.15) is 5.82 Å². The van der Waals surface area contributed by atoms with Gasteiger partial charge in [0.05, 0.1) is 15.9 Å². The summed E-state index contributed by atoms with van der Waals surface area (Å²) in [5.41, 5.74) is 3.76. The molecule has 0 saturated carbocycles. The second kappa shape index (κ2) is 10.3. The monoisotopic (exact) mass is 456 g/mol. The summed E-state index contributed by atoms with van der Waals surface area (Å²) in [7, 11) is -3.55. The standard InChI is InChI=1S/C24H32N4O3S/c1-5-27(6-2)32(30,31)20-12-13-22-21(16-20)26-23(28(22)7-3)14-15-24(29)25-17-19-10-8-18(4)9-11-19/h8-13,16H,5-7,14-15,17H2,1-4H3,(H,25,29). The lowest BCUT2D eigenvalue weighted by molar-refractivity contribution is -0.121. The zero-order valence-electron chi connectivity index (χ0n) is 19.3. The number of hydrogen-bond donors (Lipinski definition) is 1. The molecule has 32 heavy (non-hydrogen) atoms. The number of carbonyl (C=O) groups excluding carboxylic acids is 1. The van der Waals surface area contributed by atoms with Crippen LogP contribution in [0.1, 0.15) is 44.1 Å². The first kappa shape index (κ1) is 23.9. The van der Waals surface area contributed by atoms with Crippen LogP contribution in [0.25, 0.3) is 11.0 Å². The van der Waals surface area contributed by atoms with E-state index in [1.54, 1.807) is 12.1 Å². The topological polar surface area (TPSA) is 84.3 Å². The molecule has 1 amide bonds. The van der Waals surface area contributed by atoms with Crippen LogP contribution in [0.3, 0.4) is 0 Å². The van der Waals surface area contributed by atoms with Crippen LogP contribution >= 0.6 is 0 Å². The van der Waals surface area contributed by atoms with Gasteiger partial charge in [0, 0.05) is 39.0 Å². The predicted molar refractivity (Wildman–Crippen MR) is 127 cm³/mol. The van der Waals surface area contributed by atoms with Gasteiger partial charge in [0.25, 0.3) is 0 Å². The highest BCUT2D eigenvalue weighted by Gasteiger charge is 2.23. The summed E-state index contributed by atoms with van der Waals surface area (Å²) in [6.45, 7) is 9.73. The summed E-state index contributed by atoms with van der Waals surface area (Å²) in [6, 6.07) is 13.2. The van der Waals surface area contributed by atoms with Crippen molar-refractivity contribution in [2.24, 2.45) is 0 Å². The average molecular weight is 457 g/mol. The number of rotatable bonds is 10. The molecular weight excluding hydrogens is 424 g/mol. The first-order chi connectivity index (χ1) is 15.3. The average Bonchev–Trinajstić information content (AvgIpc) is 3.14. The van der Waals surface area contributed by atoms with Crippen LogP contribution in [0.15, 0.2) is 47.4 Å². The normalized spacial score (nSPS) is 11.9. The SMILES string of the molecule is CCN(CC)S(=O)(=O)c1ccc2c(c1)nc(CCC(=O)NCc1ccc(C)cc1)n2CC. The number of benzene rings is 2. The summed E-state index contributed by atoms with van der Waals surface area (Å²) in [4.78, 5) is 17.3. The Kier molecular flexibility index (Phi) is 7.69. The largest absolute Gasteiger partial charge is 0.352 e. The zero-order valence-corrected chi connectivity index (χ0v) is 20.1. The van der Waals surface area contributed by atoms with E-state index in [2.05, 4.69) is 10.3 Å². The molecule has 0 saturated heterocycles. The molecule has 3 rings (SSSR count). The number of nitrogens with zero attached hydrogens (tertiary/aromatic N) is 3. The van der Waals surface area contributed by atoms with Crippen molar-refractivity contribution in [1.82, 2.24) is 19.2 Å². The Labute approximate surface area is 190 Å². The molecule has 8 heteroatoms. The lowest BCUT2D eigenvalue weighted by Gasteiger charge is -2.18. The minimum Gasteiger partial charge on any atom is -0.352 e. The first-order valence-corrected chi connectivity index (χ1v) is 12.6. The van der Waals surface area contributed by atoms with Gasteiger partial charge >= 0.3 is 0 Å². The highest BCUT2D eigenvalue weighted by atomic mass is 32.2. The molecule has 3 aromatic rings. The number of imidazole rings is 1. The minimum absolute atomic E-state index is 0.0370. The number of nitrogens with one attached hydrogen (secondary N) is 1. The van der Waals surface area contributed by atoms with Gasteiger partial charge in [-0.05, 0) is 37.6 Å². The number of amides is 1. The van der Waals surface area contributed by atoms with E-state index < -0.39 is 10.0 Å². The number of aromatic nitrogens is 2. The summed E-state index contributed by atoms with van der Waals surface area (Å²) in [6.07, 6.45) is 0.806. The highest BCUT2D eigenvalue weighted by Crippen LogP contribution is 2.23. The van der Waals surface area contributed by atoms with E-state index in [1.807, 2.05) is 62.6 Å². The summed E-state index contributed by atoms with van der Waals surface area (Å²) in [5.74, 6) is 0.746. The number of hydrogen-bond acceptors (Lipinski definition) is 4. The lowest BCUT2D eigenvalue weighted by atomic mass is 10.1. The summed E-state index contributed by atoms with van der Waals surface area (Å²) < 4.78 is 29.2. The molecule has 0 aliphatic rings. The highest BCUT2D eigenvalue weighted by molar-refractivity contribution is 7.89. The molecule has 0 aliphatic heterocycles. The third-order valence-corrected chi connectivity index (χ3v) is 7.69. The molecule has 0 bridgehead atoms. The predicted octanol–water partition coefficient (Wildman–Crippen LogP) is 3.64. The molecule has 0 fully saturated rings. The smallest absolute Gasteiger partial charge is 0.243 e. The third-order valence-electron chi connectivity index (χ3n) is 5.64. The zero-order chi connectivity index (χ0) is 23.3. The van der Waals surface area contributed by atoms with Crippen LogP contribution in [0.4, 0.5) is 0 Å². The molecule has 2 aromatic carbocycles. The molecule has 0 spiro atoms. The van der Waals surface area contributed by atoms with Crippen LogP contribution in [-0.2, 0) is 34.3 Å². The van der Waals surface area contributed by atoms with E-state index in [0.717, 1.165) is 16.9 Å². The van der Waals surface area contributed by atoms with Crippen LogP contribution in [0.5, 0.6) is 0 Å². The Bertz CT molecular complexity index is 1180. The van der Waals surface area contributed by atoms with Gasteiger partial charge in [0.15, 0.2) is 0 Å². The Morgan fingerprint density at radius 3 is 2.38 bits per heavy atom. The molecule has 172 valence electrons. The van der Waals surface area contributed by atoms with E-state index in [0.29, 0.717) is 44.5 Å². The lowest BCUT2D eigenvalue weighted by Crippen LogP contribution is -2.30. The third kappa shape index (κ3) is 5.19. The number of carbonyl (C=O) groups is 1. The fourth-order valence-electron chi connectivity index (χ4n) is 3.80. The Hall–Kier alpha value is -2.71. The van der Waals surface area contributed by atoms with Crippen molar-refractivity contribution in [3.05, 3.63) is 59.4 Å². The molecule has 0 aliphatic carbocycles. The fraction of sp³-hybridized carbons (Fsp3) is 0.417. The first-order valence-electron chi connectivity index (χ1n) is 11.1. The molecule has 1 N–H and O–H groups in total. The van der Waals surface area contributed by atoms with Gasteiger partial charge in [-0.25, -0.2) is 13.4 Å². The van der Waals surface area contributed by atoms with Crippen LogP contribution in [0.2, 0.25) is 0 Å². The van der Waals surface area contributed by atoms with Crippen LogP contribution in [-0.4, -0.2) is 41.3 Å². The van der Waals surface area contributed by atoms with Gasteiger partial charge in [-0.3, -0.25) is 4.79 Å². The van der Waals surface area contributed by atoms with Gasteiger partial charge in [0.2, 0.25) is 15.9 Å². The maximum absolute atomic E-state index is 12.9. The fourth-order valence-corrected chi connectivity index (χ4v) is 5.28. The van der Waals surface area contributed by atoms with Crippen molar-refractivity contribution >= 4 is 27.0 Å². The molecule has 1 heterocycles. The van der Waals surface area contributed by atoms with E-state index in [1.165, 1.54) is 9.87 Å². The van der Waals surface area contributed by atoms with Gasteiger partial charge in [-0.2, -0.15) is 4.31 Å². The maximum atomic E-state index is 12.9. The van der Waals surface area contributed by atoms with Crippen molar-refractivity contribution < 1.29 is 13.2 Å². The van der Waals surface area contributed by atoms with Gasteiger partial charge in [-0.1, -0.05) is 43.7 Å². The summed E-state index contributed by atoms with van der Waals surface area (Å²) in [5, 5.41) is 2.95. The van der Waals surface area contributed by atoms with E-state index in [9.17, 15) is 13.2 Å². The molecule has 0 radical (unpaired) electrons. The van der Waals surface area contributed by atoms with Crippen LogP contribution in [0, 0.1) is 6.92 Å². The second-order valence-electron chi connectivity index (χ2n) is 7.77. The number of fused-ring (bicyclic) bond motifs is 1. The molecule has 0 atom stereocenters. The van der Waals surface area contributed by atoms with E-state index in [-0.39, 0.29) is 10.8 Å². The maximum Gasteiger partial charge on any atom is 0.243 e. The molecule has 7 nitrogen and oxygen atoms in total. The van der Waals surface area contributed by atoms with Crippen molar-refractivity contribution in [3.8, 4) is 0 Å². The quantitative estimate of drug-likeness (QED) is 0.505. The molecule has 1 aromatic heterocycles.